The molecule has 2 heteroatoms. The van der Waals surface area contributed by atoms with Gasteiger partial charge < -0.3 is 5.32 Å². The summed E-state index contributed by atoms with van der Waals surface area (Å²) < 4.78 is 0. The largest absolute Gasteiger partial charge is 0.387 e. The number of hydrogen-bond donors (Lipinski definition) is 1. The fourth-order valence-electron chi connectivity index (χ4n) is 2.31. The zero-order valence-electron chi connectivity index (χ0n) is 11.3. The summed E-state index contributed by atoms with van der Waals surface area (Å²) in [5.41, 5.74) is 6.00. The van der Waals surface area contributed by atoms with Crippen molar-refractivity contribution in [2.45, 2.75) is 33.6 Å². The Labute approximate surface area is 103 Å². The Hall–Kier alpha value is -1.57. The van der Waals surface area contributed by atoms with Gasteiger partial charge in [0.05, 0.1) is 5.52 Å². The lowest BCUT2D eigenvalue weighted by Gasteiger charge is -2.15. The number of aryl methyl sites for hydroxylation is 1. The average molecular weight is 228 g/mol. The summed E-state index contributed by atoms with van der Waals surface area (Å²) in [7, 11) is 1.98. The van der Waals surface area contributed by atoms with Gasteiger partial charge in [0.25, 0.3) is 0 Å². The Balaban J connectivity index is 2.89. The minimum atomic E-state index is 0.498. The van der Waals surface area contributed by atoms with Crippen LogP contribution in [0.1, 0.15) is 36.6 Å². The van der Waals surface area contributed by atoms with Crippen molar-refractivity contribution < 1.29 is 0 Å². The van der Waals surface area contributed by atoms with Crippen molar-refractivity contribution >= 4 is 16.6 Å². The number of anilines is 1. The molecule has 0 spiro atoms. The van der Waals surface area contributed by atoms with Gasteiger partial charge in [-0.25, -0.2) is 0 Å². The van der Waals surface area contributed by atoms with Gasteiger partial charge in [-0.2, -0.15) is 0 Å². The first kappa shape index (κ1) is 11.9. The molecular formula is C15H20N2. The second kappa shape index (κ2) is 4.36. The summed E-state index contributed by atoms with van der Waals surface area (Å²) in [5.74, 6) is 0.498. The molecule has 0 unspecified atom stereocenters. The molecule has 0 saturated carbocycles. The molecule has 0 radical (unpaired) electrons. The summed E-state index contributed by atoms with van der Waals surface area (Å²) in [6.07, 6.45) is 0. The molecule has 0 fully saturated rings. The standard InChI is InChI=1S/C15H20N2/c1-9(2)12-7-6-8-13-14(16-5)10(3)11(4)17-15(12)13/h6-9H,1-5H3,(H,16,17). The van der Waals surface area contributed by atoms with E-state index in [-0.39, 0.29) is 0 Å². The lowest BCUT2D eigenvalue weighted by atomic mass is 9.97. The van der Waals surface area contributed by atoms with Crippen LogP contribution in [-0.2, 0) is 0 Å². The molecule has 2 aromatic rings. The van der Waals surface area contributed by atoms with E-state index in [9.17, 15) is 0 Å². The summed E-state index contributed by atoms with van der Waals surface area (Å²) >= 11 is 0. The van der Waals surface area contributed by atoms with Gasteiger partial charge in [0.2, 0.25) is 0 Å². The molecule has 0 atom stereocenters. The molecule has 0 aliphatic rings. The van der Waals surface area contributed by atoms with E-state index in [1.165, 1.54) is 22.2 Å². The Morgan fingerprint density at radius 1 is 1.18 bits per heavy atom. The van der Waals surface area contributed by atoms with Crippen LogP contribution in [0, 0.1) is 13.8 Å². The van der Waals surface area contributed by atoms with Crippen molar-refractivity contribution in [3.63, 3.8) is 0 Å². The highest BCUT2D eigenvalue weighted by molar-refractivity contribution is 5.95. The van der Waals surface area contributed by atoms with Crippen LogP contribution in [0.15, 0.2) is 18.2 Å². The Bertz CT molecular complexity index is 556. The maximum atomic E-state index is 4.77. The molecule has 0 amide bonds. The number of fused-ring (bicyclic) bond motifs is 1. The molecule has 17 heavy (non-hydrogen) atoms. The molecule has 1 aromatic heterocycles. The Morgan fingerprint density at radius 2 is 1.88 bits per heavy atom. The molecule has 0 bridgehead atoms. The lowest BCUT2D eigenvalue weighted by Crippen LogP contribution is -2.01. The highest BCUT2D eigenvalue weighted by atomic mass is 14.8. The van der Waals surface area contributed by atoms with Crippen molar-refractivity contribution in [3.05, 3.63) is 35.0 Å². The van der Waals surface area contributed by atoms with Crippen LogP contribution < -0.4 is 5.32 Å². The third-order valence-corrected chi connectivity index (χ3v) is 3.41. The first-order chi connectivity index (χ1) is 8.06. The van der Waals surface area contributed by atoms with E-state index in [4.69, 9.17) is 4.98 Å². The first-order valence-corrected chi connectivity index (χ1v) is 6.13. The second-order valence-corrected chi connectivity index (χ2v) is 4.85. The number of pyridine rings is 1. The van der Waals surface area contributed by atoms with Gasteiger partial charge in [0.1, 0.15) is 0 Å². The smallest absolute Gasteiger partial charge is 0.0760 e. The topological polar surface area (TPSA) is 24.9 Å². The van der Waals surface area contributed by atoms with Gasteiger partial charge in [0, 0.05) is 23.8 Å². The molecule has 0 aliphatic heterocycles. The van der Waals surface area contributed by atoms with Crippen LogP contribution in [0.3, 0.4) is 0 Å². The minimum absolute atomic E-state index is 0.498. The minimum Gasteiger partial charge on any atom is -0.387 e. The van der Waals surface area contributed by atoms with E-state index in [1.54, 1.807) is 0 Å². The van der Waals surface area contributed by atoms with Gasteiger partial charge in [-0.3, -0.25) is 4.98 Å². The third kappa shape index (κ3) is 1.88. The molecule has 1 heterocycles. The summed E-state index contributed by atoms with van der Waals surface area (Å²) in [6.45, 7) is 8.62. The van der Waals surface area contributed by atoms with Crippen LogP contribution in [0.4, 0.5) is 5.69 Å². The third-order valence-electron chi connectivity index (χ3n) is 3.41. The van der Waals surface area contributed by atoms with E-state index >= 15 is 0 Å². The van der Waals surface area contributed by atoms with Gasteiger partial charge in [-0.05, 0) is 30.9 Å². The quantitative estimate of drug-likeness (QED) is 0.839. The fourth-order valence-corrected chi connectivity index (χ4v) is 2.31. The number of para-hydroxylation sites is 1. The SMILES string of the molecule is CNc1c(C)c(C)nc2c(C(C)C)cccc12. The van der Waals surface area contributed by atoms with Crippen LogP contribution in [0.5, 0.6) is 0 Å². The molecule has 1 N–H and O–H groups in total. The molecule has 1 aromatic carbocycles. The van der Waals surface area contributed by atoms with Crippen LogP contribution in [-0.4, -0.2) is 12.0 Å². The molecule has 2 rings (SSSR count). The van der Waals surface area contributed by atoms with Crippen molar-refractivity contribution in [3.8, 4) is 0 Å². The maximum Gasteiger partial charge on any atom is 0.0760 e. The zero-order valence-corrected chi connectivity index (χ0v) is 11.3. The number of aromatic nitrogens is 1. The normalized spacial score (nSPS) is 11.2. The van der Waals surface area contributed by atoms with Crippen LogP contribution in [0.25, 0.3) is 10.9 Å². The van der Waals surface area contributed by atoms with Crippen molar-refractivity contribution in [2.24, 2.45) is 0 Å². The number of nitrogens with zero attached hydrogens (tertiary/aromatic N) is 1. The highest BCUT2D eigenvalue weighted by Crippen LogP contribution is 2.31. The first-order valence-electron chi connectivity index (χ1n) is 6.13. The Kier molecular flexibility index (Phi) is 3.05. The Morgan fingerprint density at radius 3 is 2.47 bits per heavy atom. The monoisotopic (exact) mass is 228 g/mol. The second-order valence-electron chi connectivity index (χ2n) is 4.85. The predicted octanol–water partition coefficient (Wildman–Crippen LogP) is 4.02. The van der Waals surface area contributed by atoms with E-state index in [0.717, 1.165) is 11.2 Å². The molecule has 90 valence electrons. The van der Waals surface area contributed by atoms with E-state index in [1.807, 2.05) is 7.05 Å². The zero-order chi connectivity index (χ0) is 12.6. The van der Waals surface area contributed by atoms with Gasteiger partial charge in [-0.1, -0.05) is 32.0 Å². The number of benzene rings is 1. The number of hydrogen-bond acceptors (Lipinski definition) is 2. The summed E-state index contributed by atoms with van der Waals surface area (Å²) in [6, 6.07) is 6.44. The average Bonchev–Trinajstić information content (AvgIpc) is 2.30. The van der Waals surface area contributed by atoms with E-state index in [2.05, 4.69) is 51.2 Å². The fraction of sp³-hybridized carbons (Fsp3) is 0.400. The maximum absolute atomic E-state index is 4.77. The molecule has 0 saturated heterocycles. The number of nitrogens with one attached hydrogen (secondary N) is 1. The summed E-state index contributed by atoms with van der Waals surface area (Å²) in [4.78, 5) is 4.77. The van der Waals surface area contributed by atoms with E-state index in [0.29, 0.717) is 5.92 Å². The highest BCUT2D eigenvalue weighted by Gasteiger charge is 2.12. The molecular weight excluding hydrogens is 208 g/mol. The van der Waals surface area contributed by atoms with Crippen molar-refractivity contribution in [1.82, 2.24) is 4.98 Å². The van der Waals surface area contributed by atoms with E-state index < -0.39 is 0 Å². The number of rotatable bonds is 2. The molecule has 2 nitrogen and oxygen atoms in total. The van der Waals surface area contributed by atoms with Crippen molar-refractivity contribution in [2.75, 3.05) is 12.4 Å². The van der Waals surface area contributed by atoms with Gasteiger partial charge in [-0.15, -0.1) is 0 Å². The molecule has 0 aliphatic carbocycles. The van der Waals surface area contributed by atoms with Crippen LogP contribution in [0.2, 0.25) is 0 Å². The predicted molar refractivity (Wildman–Crippen MR) is 74.9 cm³/mol. The lowest BCUT2D eigenvalue weighted by molar-refractivity contribution is 0.872. The van der Waals surface area contributed by atoms with Crippen molar-refractivity contribution in [1.29, 1.82) is 0 Å². The van der Waals surface area contributed by atoms with Gasteiger partial charge in [0.15, 0.2) is 0 Å². The van der Waals surface area contributed by atoms with Gasteiger partial charge >= 0.3 is 0 Å². The summed E-state index contributed by atoms with van der Waals surface area (Å²) in [5, 5.41) is 4.53. The van der Waals surface area contributed by atoms with Crippen LogP contribution >= 0.6 is 0 Å².